The van der Waals surface area contributed by atoms with Gasteiger partial charge in [-0.3, -0.25) is 4.79 Å². The lowest BCUT2D eigenvalue weighted by molar-refractivity contribution is -0.121. The van der Waals surface area contributed by atoms with Gasteiger partial charge in [0.2, 0.25) is 5.91 Å². The molecule has 0 aromatic carbocycles. The number of rotatable bonds is 4. The summed E-state index contributed by atoms with van der Waals surface area (Å²) < 4.78 is 0. The van der Waals surface area contributed by atoms with Crippen molar-refractivity contribution in [2.75, 3.05) is 6.54 Å². The van der Waals surface area contributed by atoms with Crippen LogP contribution < -0.4 is 11.1 Å². The molecule has 1 heterocycles. The molecule has 0 saturated heterocycles. The number of thiophene rings is 1. The first-order valence-corrected chi connectivity index (χ1v) is 7.19. The first-order chi connectivity index (χ1) is 8.29. The number of nitrogens with two attached hydrogens (primary N) is 1. The third-order valence-electron chi connectivity index (χ3n) is 3.47. The Labute approximate surface area is 119 Å². The molecule has 0 spiro atoms. The Morgan fingerprint density at radius 1 is 1.44 bits per heavy atom. The Morgan fingerprint density at radius 2 is 2.22 bits per heavy atom. The summed E-state index contributed by atoms with van der Waals surface area (Å²) in [4.78, 5) is 13.0. The van der Waals surface area contributed by atoms with Gasteiger partial charge >= 0.3 is 0 Å². The average molecular weight is 289 g/mol. The zero-order valence-electron chi connectivity index (χ0n) is 10.4. The Hall–Kier alpha value is -0.580. The quantitative estimate of drug-likeness (QED) is 0.893. The van der Waals surface area contributed by atoms with Gasteiger partial charge in [-0.05, 0) is 36.8 Å². The summed E-state index contributed by atoms with van der Waals surface area (Å²) in [6.45, 7) is 0.684. The van der Waals surface area contributed by atoms with Crippen molar-refractivity contribution in [2.24, 2.45) is 11.7 Å². The van der Waals surface area contributed by atoms with Crippen LogP contribution in [0.1, 0.15) is 30.6 Å². The maximum atomic E-state index is 11.9. The monoisotopic (exact) mass is 288 g/mol. The molecule has 3 N–H and O–H groups in total. The van der Waals surface area contributed by atoms with E-state index in [0.717, 1.165) is 17.7 Å². The molecular formula is C13H21ClN2OS. The van der Waals surface area contributed by atoms with Crippen LogP contribution in [0.15, 0.2) is 17.5 Å². The van der Waals surface area contributed by atoms with Gasteiger partial charge in [-0.15, -0.1) is 23.7 Å². The van der Waals surface area contributed by atoms with Gasteiger partial charge in [0.05, 0.1) is 6.42 Å². The van der Waals surface area contributed by atoms with Gasteiger partial charge < -0.3 is 11.1 Å². The second-order valence-corrected chi connectivity index (χ2v) is 5.74. The molecule has 0 aliphatic heterocycles. The van der Waals surface area contributed by atoms with Crippen LogP contribution in [-0.2, 0) is 11.2 Å². The van der Waals surface area contributed by atoms with Crippen LogP contribution >= 0.6 is 23.7 Å². The lowest BCUT2D eigenvalue weighted by atomic mass is 9.84. The SMILES string of the molecule is Cl.NCC1CCCCC1NC(=O)Cc1cccs1. The van der Waals surface area contributed by atoms with E-state index in [1.54, 1.807) is 11.3 Å². The molecule has 1 aliphatic rings. The van der Waals surface area contributed by atoms with Gasteiger partial charge in [0.15, 0.2) is 0 Å². The normalized spacial score (nSPS) is 23.2. The minimum atomic E-state index is 0. The van der Waals surface area contributed by atoms with Crippen LogP contribution in [0.3, 0.4) is 0 Å². The average Bonchev–Trinajstić information content (AvgIpc) is 2.82. The highest BCUT2D eigenvalue weighted by atomic mass is 35.5. The number of hydrogen-bond acceptors (Lipinski definition) is 3. The zero-order valence-corrected chi connectivity index (χ0v) is 12.1. The maximum absolute atomic E-state index is 11.9. The molecule has 0 radical (unpaired) electrons. The van der Waals surface area contributed by atoms with Crippen molar-refractivity contribution in [3.8, 4) is 0 Å². The fourth-order valence-corrected chi connectivity index (χ4v) is 3.21. The van der Waals surface area contributed by atoms with E-state index >= 15 is 0 Å². The molecule has 1 fully saturated rings. The molecule has 2 atom stereocenters. The molecule has 2 rings (SSSR count). The highest BCUT2D eigenvalue weighted by Crippen LogP contribution is 2.23. The Morgan fingerprint density at radius 3 is 2.89 bits per heavy atom. The van der Waals surface area contributed by atoms with Crippen molar-refractivity contribution in [2.45, 2.75) is 38.1 Å². The Balaban J connectivity index is 0.00000162. The number of amides is 1. The Kier molecular flexibility index (Phi) is 6.68. The van der Waals surface area contributed by atoms with Gasteiger partial charge in [-0.1, -0.05) is 18.9 Å². The molecule has 1 aromatic rings. The summed E-state index contributed by atoms with van der Waals surface area (Å²) >= 11 is 1.63. The second kappa shape index (κ2) is 7.77. The second-order valence-electron chi connectivity index (χ2n) is 4.71. The van der Waals surface area contributed by atoms with E-state index in [0.29, 0.717) is 24.9 Å². The van der Waals surface area contributed by atoms with Crippen LogP contribution in [0.25, 0.3) is 0 Å². The van der Waals surface area contributed by atoms with E-state index < -0.39 is 0 Å². The largest absolute Gasteiger partial charge is 0.353 e. The molecular weight excluding hydrogens is 268 g/mol. The molecule has 5 heteroatoms. The van der Waals surface area contributed by atoms with Crippen molar-refractivity contribution in [3.63, 3.8) is 0 Å². The van der Waals surface area contributed by atoms with Crippen molar-refractivity contribution in [1.82, 2.24) is 5.32 Å². The highest BCUT2D eigenvalue weighted by molar-refractivity contribution is 7.10. The molecule has 3 nitrogen and oxygen atoms in total. The van der Waals surface area contributed by atoms with Gasteiger partial charge in [-0.25, -0.2) is 0 Å². The van der Waals surface area contributed by atoms with Gasteiger partial charge in [-0.2, -0.15) is 0 Å². The molecule has 102 valence electrons. The van der Waals surface area contributed by atoms with Crippen molar-refractivity contribution >= 4 is 29.7 Å². The number of carbonyl (C=O) groups excluding carboxylic acids is 1. The lowest BCUT2D eigenvalue weighted by Gasteiger charge is -2.31. The zero-order chi connectivity index (χ0) is 12.1. The molecule has 1 amide bonds. The van der Waals surface area contributed by atoms with Crippen molar-refractivity contribution < 1.29 is 4.79 Å². The number of hydrogen-bond donors (Lipinski definition) is 2. The summed E-state index contributed by atoms with van der Waals surface area (Å²) in [6.07, 6.45) is 5.20. The first kappa shape index (κ1) is 15.5. The minimum absolute atomic E-state index is 0. The number of nitrogens with one attached hydrogen (secondary N) is 1. The predicted molar refractivity (Wildman–Crippen MR) is 78.2 cm³/mol. The number of halogens is 1. The van der Waals surface area contributed by atoms with E-state index in [1.165, 1.54) is 12.8 Å². The van der Waals surface area contributed by atoms with Crippen LogP contribution in [0.4, 0.5) is 0 Å². The molecule has 0 bridgehead atoms. The van der Waals surface area contributed by atoms with Crippen LogP contribution in [0, 0.1) is 5.92 Å². The minimum Gasteiger partial charge on any atom is -0.353 e. The van der Waals surface area contributed by atoms with Gasteiger partial charge in [0.1, 0.15) is 0 Å². The predicted octanol–water partition coefficient (Wildman–Crippen LogP) is 2.35. The van der Waals surface area contributed by atoms with Gasteiger partial charge in [0, 0.05) is 10.9 Å². The van der Waals surface area contributed by atoms with Crippen molar-refractivity contribution in [3.05, 3.63) is 22.4 Å². The van der Waals surface area contributed by atoms with E-state index in [-0.39, 0.29) is 18.3 Å². The lowest BCUT2D eigenvalue weighted by Crippen LogP contribution is -2.45. The van der Waals surface area contributed by atoms with Crippen LogP contribution in [-0.4, -0.2) is 18.5 Å². The summed E-state index contributed by atoms with van der Waals surface area (Å²) in [5.41, 5.74) is 5.76. The van der Waals surface area contributed by atoms with E-state index in [9.17, 15) is 4.79 Å². The summed E-state index contributed by atoms with van der Waals surface area (Å²) in [5, 5.41) is 5.15. The van der Waals surface area contributed by atoms with Crippen molar-refractivity contribution in [1.29, 1.82) is 0 Å². The number of carbonyl (C=O) groups is 1. The topological polar surface area (TPSA) is 55.1 Å². The summed E-state index contributed by atoms with van der Waals surface area (Å²) in [7, 11) is 0. The van der Waals surface area contributed by atoms with E-state index in [1.807, 2.05) is 17.5 Å². The molecule has 18 heavy (non-hydrogen) atoms. The molecule has 1 aliphatic carbocycles. The fourth-order valence-electron chi connectivity index (χ4n) is 2.51. The Bertz CT molecular complexity index is 356. The molecule has 1 saturated carbocycles. The summed E-state index contributed by atoms with van der Waals surface area (Å²) in [5.74, 6) is 0.605. The highest BCUT2D eigenvalue weighted by Gasteiger charge is 2.25. The first-order valence-electron chi connectivity index (χ1n) is 6.31. The standard InChI is InChI=1S/C13H20N2OS.ClH/c14-9-10-4-1-2-6-12(10)15-13(16)8-11-5-3-7-17-11;/h3,5,7,10,12H,1-2,4,6,8-9,14H2,(H,15,16);1H. The molecule has 2 unspecified atom stereocenters. The maximum Gasteiger partial charge on any atom is 0.225 e. The van der Waals surface area contributed by atoms with Crippen LogP contribution in [0.2, 0.25) is 0 Å². The van der Waals surface area contributed by atoms with E-state index in [2.05, 4.69) is 5.32 Å². The fraction of sp³-hybridized carbons (Fsp3) is 0.615. The summed E-state index contributed by atoms with van der Waals surface area (Å²) in [6, 6.07) is 4.28. The third-order valence-corrected chi connectivity index (χ3v) is 4.35. The van der Waals surface area contributed by atoms with Crippen LogP contribution in [0.5, 0.6) is 0 Å². The third kappa shape index (κ3) is 4.26. The van der Waals surface area contributed by atoms with Gasteiger partial charge in [0.25, 0.3) is 0 Å². The van der Waals surface area contributed by atoms with E-state index in [4.69, 9.17) is 5.73 Å². The molecule has 1 aromatic heterocycles. The smallest absolute Gasteiger partial charge is 0.225 e.